The topological polar surface area (TPSA) is 119 Å². The van der Waals surface area contributed by atoms with Gasteiger partial charge in [-0.1, -0.05) is 187 Å². The summed E-state index contributed by atoms with van der Waals surface area (Å²) < 4.78 is 6.06. The molecule has 0 aliphatic heterocycles. The molecule has 7 nitrogen and oxygen atoms in total. The van der Waals surface area contributed by atoms with E-state index in [1.165, 1.54) is 148 Å². The lowest BCUT2D eigenvalue weighted by atomic mass is 10.0. The Hall–Kier alpha value is -1.63. The molecule has 0 heterocycles. The number of carboxylic acids is 1. The van der Waals surface area contributed by atoms with Gasteiger partial charge in [-0.15, -0.1) is 0 Å². The number of carboxylic acid groups (broad SMARTS) is 1. The highest BCUT2D eigenvalue weighted by Gasteiger charge is 2.19. The Morgan fingerprint density at radius 1 is 0.481 bits per heavy atom. The van der Waals surface area contributed by atoms with E-state index in [0.29, 0.717) is 32.2 Å². The van der Waals surface area contributed by atoms with Crippen molar-refractivity contribution in [2.24, 2.45) is 5.73 Å². The van der Waals surface area contributed by atoms with Gasteiger partial charge in [0.05, 0.1) is 0 Å². The van der Waals surface area contributed by atoms with E-state index in [1.807, 2.05) is 0 Å². The van der Waals surface area contributed by atoms with Crippen LogP contribution in [0.25, 0.3) is 0 Å². The molecule has 7 heteroatoms. The first-order valence-corrected chi connectivity index (χ1v) is 22.9. The van der Waals surface area contributed by atoms with Gasteiger partial charge in [0, 0.05) is 12.8 Å². The second-order valence-electron chi connectivity index (χ2n) is 15.8. The smallest absolute Gasteiger partial charge is 0.326 e. The minimum atomic E-state index is -1.000. The number of ether oxygens (including phenoxy) is 1. The maximum absolute atomic E-state index is 12.8. The van der Waals surface area contributed by atoms with Crippen molar-refractivity contribution in [2.45, 2.75) is 264 Å². The number of unbranched alkanes of at least 4 members (excludes halogenated alkanes) is 28. The van der Waals surface area contributed by atoms with Crippen molar-refractivity contribution in [1.29, 1.82) is 0 Å². The van der Waals surface area contributed by atoms with Crippen molar-refractivity contribution < 1.29 is 24.2 Å². The Kier molecular flexibility index (Phi) is 39.3. The summed E-state index contributed by atoms with van der Waals surface area (Å²) in [5.41, 5.74) is 5.49. The largest absolute Gasteiger partial charge is 0.480 e. The lowest BCUT2D eigenvalue weighted by Crippen LogP contribution is -2.40. The monoisotopic (exact) mass is 737 g/mol. The highest BCUT2D eigenvalue weighted by atomic mass is 16.5. The number of nitrogens with one attached hydrogen (secondary N) is 1. The highest BCUT2D eigenvalue weighted by molar-refractivity contribution is 5.83. The summed E-state index contributed by atoms with van der Waals surface area (Å²) in [4.78, 5) is 36.4. The van der Waals surface area contributed by atoms with Crippen LogP contribution >= 0.6 is 0 Å². The Morgan fingerprint density at radius 3 is 1.19 bits per heavy atom. The van der Waals surface area contributed by atoms with Crippen LogP contribution in [0.1, 0.15) is 251 Å². The van der Waals surface area contributed by atoms with Crippen molar-refractivity contribution in [3.8, 4) is 0 Å². The van der Waals surface area contributed by atoms with Crippen LogP contribution in [0.5, 0.6) is 0 Å². The van der Waals surface area contributed by atoms with Crippen molar-refractivity contribution in [2.75, 3.05) is 6.54 Å². The summed E-state index contributed by atoms with van der Waals surface area (Å²) in [6.07, 6.45) is 42.9. The molecule has 0 saturated carbocycles. The minimum Gasteiger partial charge on any atom is -0.480 e. The molecule has 308 valence electrons. The van der Waals surface area contributed by atoms with E-state index in [1.54, 1.807) is 0 Å². The number of esters is 1. The fourth-order valence-corrected chi connectivity index (χ4v) is 7.22. The van der Waals surface area contributed by atoms with Gasteiger partial charge in [0.25, 0.3) is 0 Å². The molecule has 4 N–H and O–H groups in total. The van der Waals surface area contributed by atoms with Crippen molar-refractivity contribution in [3.05, 3.63) is 0 Å². The Labute approximate surface area is 322 Å². The molecular formula is C45H88N2O5. The lowest BCUT2D eigenvalue weighted by Gasteiger charge is -2.18. The molecule has 0 radical (unpaired) electrons. The zero-order valence-corrected chi connectivity index (χ0v) is 34.7. The van der Waals surface area contributed by atoms with Gasteiger partial charge in [-0.05, 0) is 57.9 Å². The van der Waals surface area contributed by atoms with Gasteiger partial charge in [0.1, 0.15) is 12.1 Å². The molecule has 0 aromatic rings. The maximum atomic E-state index is 12.8. The molecule has 0 aromatic carbocycles. The van der Waals surface area contributed by atoms with Crippen LogP contribution in [0.15, 0.2) is 0 Å². The van der Waals surface area contributed by atoms with E-state index >= 15 is 0 Å². The van der Waals surface area contributed by atoms with Crippen molar-refractivity contribution in [3.63, 3.8) is 0 Å². The van der Waals surface area contributed by atoms with E-state index in [4.69, 9.17) is 10.5 Å². The molecule has 0 aliphatic rings. The summed E-state index contributed by atoms with van der Waals surface area (Å²) >= 11 is 0. The third kappa shape index (κ3) is 36.7. The van der Waals surface area contributed by atoms with E-state index < -0.39 is 12.0 Å². The molecule has 0 aliphatic carbocycles. The predicted octanol–water partition coefficient (Wildman–Crippen LogP) is 12.9. The average molecular weight is 737 g/mol. The van der Waals surface area contributed by atoms with E-state index in [9.17, 15) is 19.5 Å². The third-order valence-electron chi connectivity index (χ3n) is 10.7. The number of carbonyl (C=O) groups is 3. The molecule has 0 saturated heterocycles. The fraction of sp³-hybridized carbons (Fsp3) is 0.933. The number of hydrogen-bond acceptors (Lipinski definition) is 5. The predicted molar refractivity (Wildman–Crippen MR) is 221 cm³/mol. The summed E-state index contributed by atoms with van der Waals surface area (Å²) in [7, 11) is 0. The Morgan fingerprint density at radius 2 is 0.827 bits per heavy atom. The van der Waals surface area contributed by atoms with Crippen molar-refractivity contribution in [1.82, 2.24) is 5.32 Å². The molecule has 0 aromatic heterocycles. The van der Waals surface area contributed by atoms with E-state index in [2.05, 4.69) is 19.2 Å². The van der Waals surface area contributed by atoms with Crippen LogP contribution in [0.4, 0.5) is 0 Å². The average Bonchev–Trinajstić information content (AvgIpc) is 3.13. The number of nitrogens with two attached hydrogens (primary N) is 1. The van der Waals surface area contributed by atoms with Crippen LogP contribution in [-0.4, -0.2) is 41.6 Å². The second-order valence-corrected chi connectivity index (χ2v) is 15.8. The number of aliphatic carboxylic acids is 1. The van der Waals surface area contributed by atoms with Gasteiger partial charge in [0.2, 0.25) is 5.91 Å². The first kappa shape index (κ1) is 50.4. The van der Waals surface area contributed by atoms with Gasteiger partial charge in [-0.25, -0.2) is 4.79 Å². The van der Waals surface area contributed by atoms with Crippen LogP contribution in [0.2, 0.25) is 0 Å². The summed E-state index contributed by atoms with van der Waals surface area (Å²) in [5, 5.41) is 11.9. The molecule has 0 bridgehead atoms. The molecule has 0 spiro atoms. The maximum Gasteiger partial charge on any atom is 0.326 e. The quantitative estimate of drug-likeness (QED) is 0.0424. The first-order chi connectivity index (χ1) is 25.4. The molecule has 2 atom stereocenters. The van der Waals surface area contributed by atoms with Gasteiger partial charge < -0.3 is 20.9 Å². The molecular weight excluding hydrogens is 649 g/mol. The van der Waals surface area contributed by atoms with Crippen LogP contribution in [0, 0.1) is 0 Å². The van der Waals surface area contributed by atoms with Gasteiger partial charge in [-0.2, -0.15) is 0 Å². The first-order valence-electron chi connectivity index (χ1n) is 22.9. The van der Waals surface area contributed by atoms with Gasteiger partial charge in [-0.3, -0.25) is 9.59 Å². The zero-order valence-electron chi connectivity index (χ0n) is 34.7. The zero-order chi connectivity index (χ0) is 38.2. The number of hydrogen-bond donors (Lipinski definition) is 3. The Bertz CT molecular complexity index is 792. The molecule has 2 unspecified atom stereocenters. The minimum absolute atomic E-state index is 0.0140. The standard InChI is InChI=1S/C45H88N2O5/c1-3-5-7-9-11-13-15-17-19-21-23-26-30-35-41(36-31-27-25-28-32-38-43(48)47-42(45(50)51)37-34-40-46)52-44(49)39-33-29-24-22-20-18-16-14-12-10-8-6-4-2/h41-42H,3-40,46H2,1-2H3,(H,47,48)(H,50,51). The van der Waals surface area contributed by atoms with Crippen LogP contribution in [-0.2, 0) is 19.1 Å². The molecule has 1 amide bonds. The summed E-state index contributed by atoms with van der Waals surface area (Å²) in [6, 6.07) is -0.852. The van der Waals surface area contributed by atoms with Gasteiger partial charge >= 0.3 is 11.9 Å². The molecule has 0 fully saturated rings. The summed E-state index contributed by atoms with van der Waals surface area (Å²) in [5.74, 6) is -1.21. The number of carbonyl (C=O) groups excluding carboxylic acids is 2. The number of amides is 1. The molecule has 52 heavy (non-hydrogen) atoms. The SMILES string of the molecule is CCCCCCCCCCCCCCCC(=O)OC(CCCCCCCCCCCCCCC)CCCCCCCC(=O)NC(CCCN)C(=O)O. The Balaban J connectivity index is 4.28. The molecule has 0 rings (SSSR count). The fourth-order valence-electron chi connectivity index (χ4n) is 7.22. The number of rotatable bonds is 42. The third-order valence-corrected chi connectivity index (χ3v) is 10.7. The highest BCUT2D eigenvalue weighted by Crippen LogP contribution is 2.19. The second kappa shape index (κ2) is 40.6. The van der Waals surface area contributed by atoms with E-state index in [0.717, 1.165) is 64.2 Å². The van der Waals surface area contributed by atoms with Crippen molar-refractivity contribution >= 4 is 17.8 Å². The summed E-state index contributed by atoms with van der Waals surface area (Å²) in [6.45, 7) is 4.97. The lowest BCUT2D eigenvalue weighted by molar-refractivity contribution is -0.150. The van der Waals surface area contributed by atoms with Crippen LogP contribution in [0.3, 0.4) is 0 Å². The van der Waals surface area contributed by atoms with E-state index in [-0.39, 0.29) is 18.0 Å². The normalized spacial score (nSPS) is 12.5. The van der Waals surface area contributed by atoms with Crippen LogP contribution < -0.4 is 11.1 Å². The van der Waals surface area contributed by atoms with Gasteiger partial charge in [0.15, 0.2) is 0 Å².